The molecule has 0 aliphatic heterocycles. The molecule has 35 heavy (non-hydrogen) atoms. The van der Waals surface area contributed by atoms with E-state index < -0.39 is 22.5 Å². The van der Waals surface area contributed by atoms with Crippen LogP contribution in [0.2, 0.25) is 0 Å². The van der Waals surface area contributed by atoms with Crippen molar-refractivity contribution in [2.45, 2.75) is 4.90 Å². The van der Waals surface area contributed by atoms with Crippen LogP contribution < -0.4 is 23.9 Å². The molecule has 0 aromatic heterocycles. The highest BCUT2D eigenvalue weighted by Crippen LogP contribution is 2.32. The van der Waals surface area contributed by atoms with Gasteiger partial charge >= 0.3 is 0 Å². The van der Waals surface area contributed by atoms with Crippen LogP contribution in [0.3, 0.4) is 0 Å². The summed E-state index contributed by atoms with van der Waals surface area (Å²) in [5.41, 5.74) is 3.32. The number of hydrazone groups is 1. The number of carbonyl (C=O) groups excluding carboxylic acids is 1. The summed E-state index contributed by atoms with van der Waals surface area (Å²) in [4.78, 5) is 12.7. The van der Waals surface area contributed by atoms with Gasteiger partial charge in [-0.3, -0.25) is 9.10 Å². The zero-order chi connectivity index (χ0) is 25.4. The number of nitrogens with zero attached hydrogens (tertiary/aromatic N) is 2. The van der Waals surface area contributed by atoms with E-state index >= 15 is 0 Å². The lowest BCUT2D eigenvalue weighted by Crippen LogP contribution is -2.39. The quantitative estimate of drug-likeness (QED) is 0.298. The van der Waals surface area contributed by atoms with Crippen LogP contribution >= 0.6 is 15.9 Å². The molecule has 0 aliphatic rings. The Morgan fingerprint density at radius 3 is 2.26 bits per heavy atom. The van der Waals surface area contributed by atoms with Gasteiger partial charge in [0.2, 0.25) is 0 Å². The number of anilines is 1. The van der Waals surface area contributed by atoms with E-state index in [1.807, 2.05) is 6.07 Å². The third-order valence-electron chi connectivity index (χ3n) is 4.86. The monoisotopic (exact) mass is 561 g/mol. The van der Waals surface area contributed by atoms with Gasteiger partial charge in [0.25, 0.3) is 15.9 Å². The summed E-state index contributed by atoms with van der Waals surface area (Å²) in [6.07, 6.45) is 1.41. The van der Waals surface area contributed by atoms with E-state index in [0.717, 1.165) is 8.78 Å². The number of ether oxygens (including phenoxy) is 3. The maximum absolute atomic E-state index is 13.5. The van der Waals surface area contributed by atoms with Crippen LogP contribution in [-0.4, -0.2) is 48.4 Å². The zero-order valence-corrected chi connectivity index (χ0v) is 21.7. The molecule has 0 saturated heterocycles. The van der Waals surface area contributed by atoms with Gasteiger partial charge in [0.05, 0.1) is 38.1 Å². The zero-order valence-electron chi connectivity index (χ0n) is 19.3. The van der Waals surface area contributed by atoms with E-state index in [0.29, 0.717) is 22.7 Å². The third-order valence-corrected chi connectivity index (χ3v) is 7.12. The summed E-state index contributed by atoms with van der Waals surface area (Å²) in [7, 11) is 0.249. The molecule has 3 aromatic rings. The van der Waals surface area contributed by atoms with Gasteiger partial charge in [0, 0.05) is 16.1 Å². The molecule has 0 saturated carbocycles. The number of sulfonamides is 1. The van der Waals surface area contributed by atoms with Crippen molar-refractivity contribution >= 4 is 43.8 Å². The fourth-order valence-corrected chi connectivity index (χ4v) is 4.97. The van der Waals surface area contributed by atoms with Crippen LogP contribution in [0, 0.1) is 0 Å². The number of rotatable bonds is 10. The first-order valence-electron chi connectivity index (χ1n) is 10.3. The fourth-order valence-electron chi connectivity index (χ4n) is 3.16. The molecular weight excluding hydrogens is 538 g/mol. The Morgan fingerprint density at radius 2 is 1.60 bits per heavy atom. The number of methoxy groups -OCH3 is 3. The molecule has 0 bridgehead atoms. The van der Waals surface area contributed by atoms with Crippen molar-refractivity contribution in [1.29, 1.82) is 0 Å². The van der Waals surface area contributed by atoms with Crippen LogP contribution in [-0.2, 0) is 14.8 Å². The predicted molar refractivity (Wildman–Crippen MR) is 137 cm³/mol. The minimum atomic E-state index is -4.14. The van der Waals surface area contributed by atoms with Crippen molar-refractivity contribution < 1.29 is 27.4 Å². The first-order valence-corrected chi connectivity index (χ1v) is 12.5. The van der Waals surface area contributed by atoms with Gasteiger partial charge in [-0.1, -0.05) is 34.1 Å². The SMILES string of the molecule is COc1ccc(Br)cc1/C=N\NC(=O)CN(c1ccccc1)S(=O)(=O)c1ccc(OC)c(OC)c1. The minimum Gasteiger partial charge on any atom is -0.496 e. The molecule has 1 amide bonds. The van der Waals surface area contributed by atoms with Crippen LogP contribution in [0.4, 0.5) is 5.69 Å². The normalized spacial score (nSPS) is 11.2. The first-order chi connectivity index (χ1) is 16.8. The number of carbonyl (C=O) groups is 1. The lowest BCUT2D eigenvalue weighted by atomic mass is 10.2. The average molecular weight is 562 g/mol. The molecule has 11 heteroatoms. The molecule has 1 N–H and O–H groups in total. The average Bonchev–Trinajstić information content (AvgIpc) is 2.87. The molecule has 9 nitrogen and oxygen atoms in total. The Labute approximate surface area is 212 Å². The van der Waals surface area contributed by atoms with Crippen molar-refractivity contribution in [1.82, 2.24) is 5.43 Å². The number of nitrogens with one attached hydrogen (secondary N) is 1. The number of hydrogen-bond acceptors (Lipinski definition) is 7. The maximum Gasteiger partial charge on any atom is 0.264 e. The van der Waals surface area contributed by atoms with Crippen molar-refractivity contribution in [3.8, 4) is 17.2 Å². The van der Waals surface area contributed by atoms with Crippen LogP contribution in [0.1, 0.15) is 5.56 Å². The highest BCUT2D eigenvalue weighted by atomic mass is 79.9. The number of hydrogen-bond donors (Lipinski definition) is 1. The molecule has 3 rings (SSSR count). The topological polar surface area (TPSA) is 107 Å². The van der Waals surface area contributed by atoms with Crippen LogP contribution in [0.25, 0.3) is 0 Å². The Kier molecular flexibility index (Phi) is 8.72. The van der Waals surface area contributed by atoms with Crippen molar-refractivity contribution in [3.63, 3.8) is 0 Å². The lowest BCUT2D eigenvalue weighted by molar-refractivity contribution is -0.119. The Morgan fingerprint density at radius 1 is 0.943 bits per heavy atom. The standard InChI is InChI=1S/C24H24BrN3O6S/c1-32-21-11-9-18(25)13-17(21)15-26-27-24(29)16-28(19-7-5-4-6-8-19)35(30,31)20-10-12-22(33-2)23(14-20)34-3/h4-15H,16H2,1-3H3,(H,27,29)/b26-15-. The van der Waals surface area contributed by atoms with Gasteiger partial charge in [-0.05, 0) is 42.5 Å². The van der Waals surface area contributed by atoms with Gasteiger partial charge in [0.15, 0.2) is 11.5 Å². The summed E-state index contributed by atoms with van der Waals surface area (Å²) < 4.78 is 44.6. The van der Waals surface area contributed by atoms with E-state index in [1.165, 1.54) is 45.7 Å². The van der Waals surface area contributed by atoms with Gasteiger partial charge in [0.1, 0.15) is 12.3 Å². The maximum atomic E-state index is 13.5. The summed E-state index contributed by atoms with van der Waals surface area (Å²) in [6.45, 7) is -0.506. The summed E-state index contributed by atoms with van der Waals surface area (Å²) in [6, 6.07) is 17.9. The smallest absolute Gasteiger partial charge is 0.264 e. The molecule has 0 unspecified atom stereocenters. The molecule has 0 spiro atoms. The minimum absolute atomic E-state index is 0.0609. The Balaban J connectivity index is 1.87. The Bertz CT molecular complexity index is 1320. The molecule has 3 aromatic carbocycles. The van der Waals surface area contributed by atoms with Gasteiger partial charge in [-0.25, -0.2) is 13.8 Å². The summed E-state index contributed by atoms with van der Waals surface area (Å²) >= 11 is 3.37. The predicted octanol–water partition coefficient (Wildman–Crippen LogP) is 3.82. The van der Waals surface area contributed by atoms with Crippen LogP contribution in [0.5, 0.6) is 17.2 Å². The molecule has 0 radical (unpaired) electrons. The second-order valence-electron chi connectivity index (χ2n) is 7.04. The molecule has 184 valence electrons. The number of benzene rings is 3. The fraction of sp³-hybridized carbons (Fsp3) is 0.167. The van der Waals surface area contributed by atoms with Crippen molar-refractivity contribution in [2.75, 3.05) is 32.2 Å². The lowest BCUT2D eigenvalue weighted by Gasteiger charge is -2.24. The molecule has 0 atom stereocenters. The third kappa shape index (κ3) is 6.31. The molecular formula is C24H24BrN3O6S. The number of halogens is 1. The first kappa shape index (κ1) is 26.0. The largest absolute Gasteiger partial charge is 0.496 e. The van der Waals surface area contributed by atoms with Gasteiger partial charge in [-0.15, -0.1) is 0 Å². The van der Waals surface area contributed by atoms with Gasteiger partial charge < -0.3 is 14.2 Å². The van der Waals surface area contributed by atoms with E-state index in [9.17, 15) is 13.2 Å². The highest BCUT2D eigenvalue weighted by molar-refractivity contribution is 9.10. The van der Waals surface area contributed by atoms with E-state index in [4.69, 9.17) is 14.2 Å². The second-order valence-corrected chi connectivity index (χ2v) is 9.82. The summed E-state index contributed by atoms with van der Waals surface area (Å²) in [5, 5.41) is 3.96. The van der Waals surface area contributed by atoms with E-state index in [-0.39, 0.29) is 10.6 Å². The highest BCUT2D eigenvalue weighted by Gasteiger charge is 2.28. The Hall–Kier alpha value is -3.57. The second kappa shape index (κ2) is 11.7. The van der Waals surface area contributed by atoms with Crippen LogP contribution in [0.15, 0.2) is 81.2 Å². The van der Waals surface area contributed by atoms with Crippen molar-refractivity contribution in [3.05, 3.63) is 76.8 Å². The molecule has 0 aliphatic carbocycles. The van der Waals surface area contributed by atoms with Crippen molar-refractivity contribution in [2.24, 2.45) is 5.10 Å². The molecule has 0 fully saturated rings. The van der Waals surface area contributed by atoms with Gasteiger partial charge in [-0.2, -0.15) is 5.10 Å². The molecule has 0 heterocycles. The number of para-hydroxylation sites is 1. The van der Waals surface area contributed by atoms with E-state index in [2.05, 4.69) is 26.5 Å². The number of amides is 1. The van der Waals surface area contributed by atoms with E-state index in [1.54, 1.807) is 42.5 Å². The summed E-state index contributed by atoms with van der Waals surface area (Å²) in [5.74, 6) is 0.558.